The van der Waals surface area contributed by atoms with Crippen molar-refractivity contribution in [2.45, 2.75) is 32.6 Å². The Kier molecular flexibility index (Phi) is 5.42. The van der Waals surface area contributed by atoms with E-state index in [1.54, 1.807) is 0 Å². The molecule has 0 aromatic heterocycles. The summed E-state index contributed by atoms with van der Waals surface area (Å²) in [5, 5.41) is 4.82. The van der Waals surface area contributed by atoms with Gasteiger partial charge >= 0.3 is 6.09 Å². The minimum atomic E-state index is -0.377. The lowest BCUT2D eigenvalue weighted by molar-refractivity contribution is 0.201. The zero-order valence-electron chi connectivity index (χ0n) is 11.9. The average molecular weight is 271 g/mol. The number of amides is 1. The van der Waals surface area contributed by atoms with Gasteiger partial charge in [-0.05, 0) is 17.9 Å². The van der Waals surface area contributed by atoms with Crippen LogP contribution in [-0.2, 0) is 0 Å². The Bertz CT molecular complexity index is 560. The zero-order valence-corrected chi connectivity index (χ0v) is 11.9. The fourth-order valence-electron chi connectivity index (χ4n) is 2.16. The second-order valence-electron chi connectivity index (χ2n) is 4.85. The highest BCUT2D eigenvalue weighted by atomic mass is 16.6. The summed E-state index contributed by atoms with van der Waals surface area (Å²) in [6.45, 7) is 2.84. The first-order chi connectivity index (χ1) is 9.81. The van der Waals surface area contributed by atoms with E-state index in [9.17, 15) is 4.79 Å². The van der Waals surface area contributed by atoms with Crippen LogP contribution < -0.4 is 10.1 Å². The average Bonchev–Trinajstić information content (AvgIpc) is 2.47. The monoisotopic (exact) mass is 271 g/mol. The Morgan fingerprint density at radius 1 is 1.05 bits per heavy atom. The molecule has 3 heteroatoms. The number of fused-ring (bicyclic) bond motifs is 1. The van der Waals surface area contributed by atoms with Gasteiger partial charge in [0.05, 0.1) is 0 Å². The van der Waals surface area contributed by atoms with Gasteiger partial charge in [-0.2, -0.15) is 0 Å². The number of unbranched alkanes of at least 4 members (excludes halogenated alkanes) is 3. The minimum absolute atomic E-state index is 0.377. The van der Waals surface area contributed by atoms with Crippen molar-refractivity contribution < 1.29 is 9.53 Å². The van der Waals surface area contributed by atoms with Gasteiger partial charge in [0.2, 0.25) is 0 Å². The van der Waals surface area contributed by atoms with Gasteiger partial charge in [0.15, 0.2) is 0 Å². The quantitative estimate of drug-likeness (QED) is 0.785. The van der Waals surface area contributed by atoms with E-state index in [0.717, 1.165) is 23.6 Å². The highest BCUT2D eigenvalue weighted by molar-refractivity contribution is 5.90. The fourth-order valence-corrected chi connectivity index (χ4v) is 2.16. The van der Waals surface area contributed by atoms with Crippen LogP contribution in [0.15, 0.2) is 42.5 Å². The van der Waals surface area contributed by atoms with Crippen molar-refractivity contribution in [2.75, 3.05) is 6.54 Å². The molecule has 2 rings (SSSR count). The SMILES string of the molecule is CCCCCCNC(=O)Oc1cccc2ccccc12. The normalized spacial score (nSPS) is 10.4. The van der Waals surface area contributed by atoms with Gasteiger partial charge in [-0.15, -0.1) is 0 Å². The van der Waals surface area contributed by atoms with Crippen molar-refractivity contribution >= 4 is 16.9 Å². The van der Waals surface area contributed by atoms with Crippen LogP contribution in [0.4, 0.5) is 4.79 Å². The first kappa shape index (κ1) is 14.4. The molecule has 20 heavy (non-hydrogen) atoms. The molecule has 2 aromatic rings. The third-order valence-corrected chi connectivity index (χ3v) is 3.25. The van der Waals surface area contributed by atoms with Crippen molar-refractivity contribution in [1.29, 1.82) is 0 Å². The standard InChI is InChI=1S/C17H21NO2/c1-2-3-4-7-13-18-17(19)20-16-12-8-10-14-9-5-6-11-15(14)16/h5-6,8-12H,2-4,7,13H2,1H3,(H,18,19). The lowest BCUT2D eigenvalue weighted by atomic mass is 10.1. The third-order valence-electron chi connectivity index (χ3n) is 3.25. The molecule has 2 aromatic carbocycles. The molecule has 0 bridgehead atoms. The maximum Gasteiger partial charge on any atom is 0.412 e. The van der Waals surface area contributed by atoms with Crippen LogP contribution in [0.25, 0.3) is 10.8 Å². The highest BCUT2D eigenvalue weighted by Crippen LogP contribution is 2.25. The van der Waals surface area contributed by atoms with E-state index in [2.05, 4.69) is 12.2 Å². The van der Waals surface area contributed by atoms with Crippen LogP contribution >= 0.6 is 0 Å². The number of nitrogens with one attached hydrogen (secondary N) is 1. The summed E-state index contributed by atoms with van der Waals surface area (Å²) >= 11 is 0. The maximum atomic E-state index is 11.8. The number of carbonyl (C=O) groups is 1. The lowest BCUT2D eigenvalue weighted by Crippen LogP contribution is -2.27. The van der Waals surface area contributed by atoms with Crippen LogP contribution in [0.5, 0.6) is 5.75 Å². The van der Waals surface area contributed by atoms with Gasteiger partial charge in [-0.25, -0.2) is 4.79 Å². The summed E-state index contributed by atoms with van der Waals surface area (Å²) in [5.41, 5.74) is 0. The second-order valence-corrected chi connectivity index (χ2v) is 4.85. The van der Waals surface area contributed by atoms with Crippen LogP contribution in [0.3, 0.4) is 0 Å². The summed E-state index contributed by atoms with van der Waals surface area (Å²) in [4.78, 5) is 11.8. The van der Waals surface area contributed by atoms with Crippen molar-refractivity contribution in [3.8, 4) is 5.75 Å². The molecule has 0 atom stereocenters. The summed E-state index contributed by atoms with van der Waals surface area (Å²) < 4.78 is 5.38. The predicted molar refractivity (Wildman–Crippen MR) is 82.1 cm³/mol. The molecule has 1 amide bonds. The smallest absolute Gasteiger partial charge is 0.410 e. The van der Waals surface area contributed by atoms with Crippen LogP contribution in [0.1, 0.15) is 32.6 Å². The molecule has 0 radical (unpaired) electrons. The van der Waals surface area contributed by atoms with Crippen LogP contribution in [-0.4, -0.2) is 12.6 Å². The second kappa shape index (κ2) is 7.53. The summed E-state index contributed by atoms with van der Waals surface area (Å²) in [6, 6.07) is 13.6. The molecule has 1 N–H and O–H groups in total. The molecule has 0 unspecified atom stereocenters. The van der Waals surface area contributed by atoms with Gasteiger partial charge in [-0.1, -0.05) is 62.6 Å². The number of hydrogen-bond donors (Lipinski definition) is 1. The van der Waals surface area contributed by atoms with E-state index in [4.69, 9.17) is 4.74 Å². The first-order valence-electron chi connectivity index (χ1n) is 7.24. The van der Waals surface area contributed by atoms with E-state index in [1.807, 2.05) is 42.5 Å². The molecule has 3 nitrogen and oxygen atoms in total. The molecule has 0 aliphatic carbocycles. The van der Waals surface area contributed by atoms with E-state index < -0.39 is 0 Å². The Hall–Kier alpha value is -2.03. The first-order valence-corrected chi connectivity index (χ1v) is 7.24. The lowest BCUT2D eigenvalue weighted by Gasteiger charge is -2.08. The van der Waals surface area contributed by atoms with Gasteiger partial charge in [0.1, 0.15) is 5.75 Å². The Morgan fingerprint density at radius 2 is 1.85 bits per heavy atom. The largest absolute Gasteiger partial charge is 0.412 e. The minimum Gasteiger partial charge on any atom is -0.410 e. The maximum absolute atomic E-state index is 11.8. The molecular formula is C17H21NO2. The highest BCUT2D eigenvalue weighted by Gasteiger charge is 2.06. The van der Waals surface area contributed by atoms with Crippen molar-refractivity contribution in [2.24, 2.45) is 0 Å². The van der Waals surface area contributed by atoms with Crippen LogP contribution in [0.2, 0.25) is 0 Å². The number of ether oxygens (including phenoxy) is 1. The number of benzene rings is 2. The summed E-state index contributed by atoms with van der Waals surface area (Å²) in [6.07, 6.45) is 4.17. The summed E-state index contributed by atoms with van der Waals surface area (Å²) in [5.74, 6) is 0.606. The number of rotatable bonds is 6. The van der Waals surface area contributed by atoms with Crippen LogP contribution in [0, 0.1) is 0 Å². The van der Waals surface area contributed by atoms with Crippen molar-refractivity contribution in [1.82, 2.24) is 5.32 Å². The van der Waals surface area contributed by atoms with E-state index in [0.29, 0.717) is 12.3 Å². The van der Waals surface area contributed by atoms with Crippen molar-refractivity contribution in [3.05, 3.63) is 42.5 Å². The Labute approximate surface area is 119 Å². The molecule has 0 saturated heterocycles. The molecule has 0 aliphatic rings. The van der Waals surface area contributed by atoms with Gasteiger partial charge < -0.3 is 10.1 Å². The number of carbonyl (C=O) groups excluding carboxylic acids is 1. The van der Waals surface area contributed by atoms with E-state index >= 15 is 0 Å². The third kappa shape index (κ3) is 3.98. The fraction of sp³-hybridized carbons (Fsp3) is 0.353. The predicted octanol–water partition coefficient (Wildman–Crippen LogP) is 4.51. The Morgan fingerprint density at radius 3 is 2.70 bits per heavy atom. The Balaban J connectivity index is 1.90. The molecule has 0 spiro atoms. The molecule has 106 valence electrons. The van der Waals surface area contributed by atoms with E-state index in [1.165, 1.54) is 12.8 Å². The molecule has 0 heterocycles. The summed E-state index contributed by atoms with van der Waals surface area (Å²) in [7, 11) is 0. The molecule has 0 aliphatic heterocycles. The van der Waals surface area contributed by atoms with Gasteiger partial charge in [-0.3, -0.25) is 0 Å². The topological polar surface area (TPSA) is 38.3 Å². The van der Waals surface area contributed by atoms with Gasteiger partial charge in [0.25, 0.3) is 0 Å². The molecule has 0 fully saturated rings. The zero-order chi connectivity index (χ0) is 14.2. The number of hydrogen-bond acceptors (Lipinski definition) is 2. The molecular weight excluding hydrogens is 250 g/mol. The van der Waals surface area contributed by atoms with E-state index in [-0.39, 0.29) is 6.09 Å². The van der Waals surface area contributed by atoms with Gasteiger partial charge in [0, 0.05) is 11.9 Å². The molecule has 0 saturated carbocycles. The van der Waals surface area contributed by atoms with Crippen molar-refractivity contribution in [3.63, 3.8) is 0 Å².